The van der Waals surface area contributed by atoms with Gasteiger partial charge >= 0.3 is 0 Å². The number of nitrogens with one attached hydrogen (secondary N) is 1. The van der Waals surface area contributed by atoms with Gasteiger partial charge in [0.05, 0.1) is 11.0 Å². The SMILES string of the molecule is CCNC(C1=CCCC1)C1CCCCS1(=O)=O. The summed E-state index contributed by atoms with van der Waals surface area (Å²) in [4.78, 5) is 0. The minimum absolute atomic E-state index is 0.0767. The van der Waals surface area contributed by atoms with E-state index in [0.29, 0.717) is 5.75 Å². The third kappa shape index (κ3) is 2.91. The molecule has 0 spiro atoms. The Labute approximate surface area is 105 Å². The van der Waals surface area contributed by atoms with Crippen molar-refractivity contribution in [3.8, 4) is 0 Å². The van der Waals surface area contributed by atoms with Gasteiger partial charge in [0.2, 0.25) is 0 Å². The van der Waals surface area contributed by atoms with Crippen molar-refractivity contribution in [1.82, 2.24) is 5.32 Å². The van der Waals surface area contributed by atoms with Crippen molar-refractivity contribution in [2.75, 3.05) is 12.3 Å². The summed E-state index contributed by atoms with van der Waals surface area (Å²) in [6.07, 6.45) is 8.35. The van der Waals surface area contributed by atoms with Gasteiger partial charge in [-0.05, 0) is 38.6 Å². The van der Waals surface area contributed by atoms with E-state index in [1.54, 1.807) is 0 Å². The predicted octanol–water partition coefficient (Wildman–Crippen LogP) is 2.04. The lowest BCUT2D eigenvalue weighted by Crippen LogP contribution is -2.47. The maximum atomic E-state index is 12.2. The smallest absolute Gasteiger partial charge is 0.155 e. The zero-order valence-electron chi connectivity index (χ0n) is 10.6. The summed E-state index contributed by atoms with van der Waals surface area (Å²) in [5.41, 5.74) is 1.34. The predicted molar refractivity (Wildman–Crippen MR) is 70.8 cm³/mol. The van der Waals surface area contributed by atoms with E-state index in [9.17, 15) is 8.42 Å². The molecular weight excluding hydrogens is 234 g/mol. The fourth-order valence-corrected chi connectivity index (χ4v) is 5.17. The van der Waals surface area contributed by atoms with Gasteiger partial charge in [-0.1, -0.05) is 25.0 Å². The lowest BCUT2D eigenvalue weighted by Gasteiger charge is -2.31. The van der Waals surface area contributed by atoms with Crippen LogP contribution in [0.5, 0.6) is 0 Å². The van der Waals surface area contributed by atoms with E-state index in [-0.39, 0.29) is 11.3 Å². The van der Waals surface area contributed by atoms with Gasteiger partial charge in [0, 0.05) is 6.04 Å². The lowest BCUT2D eigenvalue weighted by molar-refractivity contribution is 0.471. The zero-order valence-corrected chi connectivity index (χ0v) is 11.4. The highest BCUT2D eigenvalue weighted by molar-refractivity contribution is 7.92. The quantitative estimate of drug-likeness (QED) is 0.784. The van der Waals surface area contributed by atoms with Gasteiger partial charge in [-0.15, -0.1) is 0 Å². The van der Waals surface area contributed by atoms with Crippen LogP contribution in [0.3, 0.4) is 0 Å². The largest absolute Gasteiger partial charge is 0.309 e. The molecule has 2 unspecified atom stereocenters. The first-order valence-corrected chi connectivity index (χ1v) is 8.50. The molecule has 1 aliphatic heterocycles. The minimum Gasteiger partial charge on any atom is -0.309 e. The first-order chi connectivity index (χ1) is 8.15. The average molecular weight is 257 g/mol. The molecule has 0 radical (unpaired) electrons. The summed E-state index contributed by atoms with van der Waals surface area (Å²) >= 11 is 0. The van der Waals surface area contributed by atoms with Crippen LogP contribution in [0.2, 0.25) is 0 Å². The summed E-state index contributed by atoms with van der Waals surface area (Å²) in [5, 5.41) is 3.22. The van der Waals surface area contributed by atoms with Gasteiger partial charge in [0.15, 0.2) is 9.84 Å². The minimum atomic E-state index is -2.89. The molecule has 4 heteroatoms. The van der Waals surface area contributed by atoms with Gasteiger partial charge in [-0.3, -0.25) is 0 Å². The molecule has 1 fully saturated rings. The van der Waals surface area contributed by atoms with Crippen LogP contribution in [-0.2, 0) is 9.84 Å². The van der Waals surface area contributed by atoms with Gasteiger partial charge < -0.3 is 5.32 Å². The molecule has 3 nitrogen and oxygen atoms in total. The van der Waals surface area contributed by atoms with E-state index in [4.69, 9.17) is 0 Å². The van der Waals surface area contributed by atoms with Gasteiger partial charge in [0.25, 0.3) is 0 Å². The number of sulfone groups is 1. The zero-order chi connectivity index (χ0) is 12.3. The summed E-state index contributed by atoms with van der Waals surface area (Å²) < 4.78 is 24.4. The van der Waals surface area contributed by atoms with Crippen LogP contribution in [0.15, 0.2) is 11.6 Å². The van der Waals surface area contributed by atoms with Gasteiger partial charge in [0.1, 0.15) is 0 Å². The van der Waals surface area contributed by atoms with E-state index < -0.39 is 9.84 Å². The fourth-order valence-electron chi connectivity index (χ4n) is 3.05. The van der Waals surface area contributed by atoms with Crippen LogP contribution in [-0.4, -0.2) is 32.0 Å². The Kier molecular flexibility index (Phi) is 4.26. The molecule has 1 heterocycles. The molecule has 17 heavy (non-hydrogen) atoms. The molecule has 2 aliphatic rings. The summed E-state index contributed by atoms with van der Waals surface area (Å²) in [7, 11) is -2.89. The Morgan fingerprint density at radius 1 is 1.41 bits per heavy atom. The second-order valence-electron chi connectivity index (χ2n) is 5.11. The van der Waals surface area contributed by atoms with Crippen molar-refractivity contribution in [2.45, 2.75) is 56.7 Å². The number of rotatable bonds is 4. The Hall–Kier alpha value is -0.350. The molecule has 0 bridgehead atoms. The van der Waals surface area contributed by atoms with Crippen LogP contribution in [0.4, 0.5) is 0 Å². The first-order valence-electron chi connectivity index (χ1n) is 6.79. The third-order valence-electron chi connectivity index (χ3n) is 3.90. The molecular formula is C13H23NO2S. The number of hydrogen-bond donors (Lipinski definition) is 1. The van der Waals surface area contributed by atoms with Gasteiger partial charge in [-0.25, -0.2) is 8.42 Å². The summed E-state index contributed by atoms with van der Waals surface area (Å²) in [6, 6.07) is 0.0767. The van der Waals surface area contributed by atoms with E-state index in [1.165, 1.54) is 12.0 Å². The molecule has 2 rings (SSSR count). The maximum Gasteiger partial charge on any atom is 0.155 e. The molecule has 1 aliphatic carbocycles. The van der Waals surface area contributed by atoms with E-state index in [1.807, 2.05) is 0 Å². The Bertz CT molecular complexity index is 386. The lowest BCUT2D eigenvalue weighted by atomic mass is 9.99. The molecule has 2 atom stereocenters. The molecule has 98 valence electrons. The first kappa shape index (κ1) is 13.1. The van der Waals surface area contributed by atoms with Crippen molar-refractivity contribution in [3.63, 3.8) is 0 Å². The highest BCUT2D eigenvalue weighted by Gasteiger charge is 2.37. The van der Waals surface area contributed by atoms with Crippen molar-refractivity contribution < 1.29 is 8.42 Å². The van der Waals surface area contributed by atoms with E-state index in [0.717, 1.165) is 38.6 Å². The number of likely N-dealkylation sites (N-methyl/N-ethyl adjacent to an activating group) is 1. The summed E-state index contributed by atoms with van der Waals surface area (Å²) in [6.45, 7) is 2.89. The van der Waals surface area contributed by atoms with Gasteiger partial charge in [-0.2, -0.15) is 0 Å². The Morgan fingerprint density at radius 2 is 2.24 bits per heavy atom. The molecule has 0 aromatic heterocycles. The second-order valence-corrected chi connectivity index (χ2v) is 7.45. The van der Waals surface area contributed by atoms with Crippen LogP contribution in [0, 0.1) is 0 Å². The normalized spacial score (nSPS) is 29.9. The topological polar surface area (TPSA) is 46.2 Å². The van der Waals surface area contributed by atoms with Crippen molar-refractivity contribution >= 4 is 9.84 Å². The van der Waals surface area contributed by atoms with Crippen molar-refractivity contribution in [3.05, 3.63) is 11.6 Å². The standard InChI is InChI=1S/C13H23NO2S/c1-2-14-13(11-7-3-4-8-11)12-9-5-6-10-17(12,15)16/h7,12-14H,2-6,8-10H2,1H3. The number of hydrogen-bond acceptors (Lipinski definition) is 3. The summed E-state index contributed by atoms with van der Waals surface area (Å²) in [5.74, 6) is 0.382. The molecule has 1 saturated heterocycles. The second kappa shape index (κ2) is 5.53. The Balaban J connectivity index is 2.19. The number of allylic oxidation sites excluding steroid dienone is 1. The van der Waals surface area contributed by atoms with Crippen LogP contribution in [0.1, 0.15) is 45.4 Å². The molecule has 0 aromatic carbocycles. The van der Waals surface area contributed by atoms with Crippen LogP contribution < -0.4 is 5.32 Å². The fraction of sp³-hybridized carbons (Fsp3) is 0.846. The van der Waals surface area contributed by atoms with Crippen LogP contribution >= 0.6 is 0 Å². The van der Waals surface area contributed by atoms with Crippen molar-refractivity contribution in [2.24, 2.45) is 0 Å². The van der Waals surface area contributed by atoms with Crippen LogP contribution in [0.25, 0.3) is 0 Å². The average Bonchev–Trinajstić information content (AvgIpc) is 2.79. The van der Waals surface area contributed by atoms with Crippen molar-refractivity contribution in [1.29, 1.82) is 0 Å². The molecule has 0 aromatic rings. The Morgan fingerprint density at radius 3 is 2.82 bits per heavy atom. The van der Waals surface area contributed by atoms with E-state index in [2.05, 4.69) is 18.3 Å². The highest BCUT2D eigenvalue weighted by atomic mass is 32.2. The highest BCUT2D eigenvalue weighted by Crippen LogP contribution is 2.30. The monoisotopic (exact) mass is 257 g/mol. The maximum absolute atomic E-state index is 12.2. The third-order valence-corrected chi connectivity index (χ3v) is 6.19. The molecule has 1 N–H and O–H groups in total. The molecule has 0 saturated carbocycles. The molecule has 0 amide bonds. The van der Waals surface area contributed by atoms with E-state index >= 15 is 0 Å².